The van der Waals surface area contributed by atoms with Crippen molar-refractivity contribution in [3.05, 3.63) is 24.3 Å². The van der Waals surface area contributed by atoms with Gasteiger partial charge in [-0.05, 0) is 44.4 Å². The number of rotatable bonds is 6. The van der Waals surface area contributed by atoms with Crippen molar-refractivity contribution in [2.45, 2.75) is 177 Å². The molecule has 50 heavy (non-hydrogen) atoms. The number of aliphatic hydroxyl groups excluding tert-OH is 3. The molecule has 16 atom stereocenters. The molecule has 4 fully saturated rings. The molecule has 5 heterocycles. The average molecular weight is 711 g/mol. The van der Waals surface area contributed by atoms with Crippen molar-refractivity contribution in [3.8, 4) is 0 Å². The van der Waals surface area contributed by atoms with Crippen molar-refractivity contribution in [2.75, 3.05) is 7.11 Å². The van der Waals surface area contributed by atoms with Gasteiger partial charge in [0, 0.05) is 45.6 Å². The molecule has 6 bridgehead atoms. The Morgan fingerprint density at radius 3 is 2.38 bits per heavy atom. The maximum atomic E-state index is 13.4. The normalized spacial score (nSPS) is 47.2. The van der Waals surface area contributed by atoms with Crippen LogP contribution in [0.2, 0.25) is 0 Å². The van der Waals surface area contributed by atoms with Gasteiger partial charge in [0.05, 0.1) is 42.7 Å². The first-order valence-electron chi connectivity index (χ1n) is 18.5. The summed E-state index contributed by atoms with van der Waals surface area (Å²) in [5.74, 6) is -1.12. The number of allylic oxidation sites excluding steroid dienone is 3. The molecule has 0 aromatic rings. The summed E-state index contributed by atoms with van der Waals surface area (Å²) >= 11 is 0. The van der Waals surface area contributed by atoms with Crippen LogP contribution in [0.5, 0.6) is 0 Å². The Morgan fingerprint density at radius 2 is 1.66 bits per heavy atom. The van der Waals surface area contributed by atoms with E-state index in [4.69, 9.17) is 33.2 Å². The van der Waals surface area contributed by atoms with Crippen LogP contribution in [-0.2, 0) is 42.7 Å². The van der Waals surface area contributed by atoms with Crippen LogP contribution in [0.25, 0.3) is 0 Å². The second kappa shape index (κ2) is 17.3. The van der Waals surface area contributed by atoms with E-state index in [1.165, 1.54) is 7.11 Å². The van der Waals surface area contributed by atoms with Gasteiger partial charge in [-0.15, -0.1) is 0 Å². The predicted molar refractivity (Wildman–Crippen MR) is 179 cm³/mol. The highest BCUT2D eigenvalue weighted by molar-refractivity contribution is 5.83. The zero-order valence-corrected chi connectivity index (χ0v) is 30.0. The van der Waals surface area contributed by atoms with Gasteiger partial charge >= 0.3 is 11.9 Å². The number of ether oxygens (including phenoxy) is 7. The summed E-state index contributed by atoms with van der Waals surface area (Å²) in [7, 11) is 1.42. The van der Waals surface area contributed by atoms with E-state index in [2.05, 4.69) is 26.0 Å². The van der Waals surface area contributed by atoms with E-state index in [1.54, 1.807) is 6.92 Å². The summed E-state index contributed by atoms with van der Waals surface area (Å²) in [6.45, 7) is 7.67. The molecular formula is C37H58O13. The van der Waals surface area contributed by atoms with Crippen molar-refractivity contribution < 1.29 is 63.2 Å². The molecule has 4 saturated heterocycles. The first kappa shape index (κ1) is 39.3. The molecule has 0 spiro atoms. The minimum absolute atomic E-state index is 0.0124. The Balaban J connectivity index is 1.42. The van der Waals surface area contributed by atoms with Gasteiger partial charge in [0.1, 0.15) is 30.5 Å². The second-order valence-corrected chi connectivity index (χ2v) is 15.1. The van der Waals surface area contributed by atoms with E-state index in [0.29, 0.717) is 38.5 Å². The molecule has 5 rings (SSSR count). The Morgan fingerprint density at radius 1 is 0.920 bits per heavy atom. The number of esters is 2. The summed E-state index contributed by atoms with van der Waals surface area (Å²) in [5, 5.41) is 44.2. The minimum Gasteiger partial charge on any atom is -0.460 e. The van der Waals surface area contributed by atoms with Crippen molar-refractivity contribution in [2.24, 2.45) is 11.8 Å². The second-order valence-electron chi connectivity index (χ2n) is 15.1. The fourth-order valence-corrected chi connectivity index (χ4v) is 8.08. The van der Waals surface area contributed by atoms with E-state index in [-0.39, 0.29) is 49.7 Å². The van der Waals surface area contributed by atoms with Crippen LogP contribution in [0.4, 0.5) is 0 Å². The number of hydrogen-bond acceptors (Lipinski definition) is 13. The molecule has 5 aliphatic rings. The lowest BCUT2D eigenvalue weighted by atomic mass is 9.85. The summed E-state index contributed by atoms with van der Waals surface area (Å²) in [5.41, 5.74) is -2.15. The monoisotopic (exact) mass is 710 g/mol. The molecule has 0 amide bonds. The topological polar surface area (TPSA) is 180 Å². The lowest BCUT2D eigenvalue weighted by Crippen LogP contribution is -2.59. The van der Waals surface area contributed by atoms with Gasteiger partial charge < -0.3 is 53.6 Å². The van der Waals surface area contributed by atoms with Gasteiger partial charge in [0.25, 0.3) is 0 Å². The van der Waals surface area contributed by atoms with Crippen molar-refractivity contribution in [3.63, 3.8) is 0 Å². The smallest absolute Gasteiger partial charge is 0.342 e. The van der Waals surface area contributed by atoms with Gasteiger partial charge in [-0.25, -0.2) is 4.79 Å². The van der Waals surface area contributed by atoms with Gasteiger partial charge in [0.15, 0.2) is 6.29 Å². The summed E-state index contributed by atoms with van der Waals surface area (Å²) < 4.78 is 42.2. The Bertz CT molecular complexity index is 1190. The van der Waals surface area contributed by atoms with Crippen molar-refractivity contribution >= 4 is 11.9 Å². The Hall–Kier alpha value is -1.94. The lowest BCUT2D eigenvalue weighted by molar-refractivity contribution is -0.316. The first-order chi connectivity index (χ1) is 23.8. The van der Waals surface area contributed by atoms with Gasteiger partial charge in [-0.3, -0.25) is 4.79 Å². The molecule has 5 aliphatic heterocycles. The molecule has 4 N–H and O–H groups in total. The number of carbonyl (C=O) groups is 2. The number of carbonyl (C=O) groups excluding carboxylic acids is 2. The SMILES string of the molecule is CCCC(=O)O[C@H]1C[C@H]2C[C@@H](O[C@@H]3O[C@@H](C)[C@@H](O)[C@@H](O)[C@H]3OC)C[C@@H](C[C@@H](C)/C=C\C=C/C[C@H]3O[C@H](C[C@H]3C)[C@H](O)C[C@@H]3C[C@]1(O)C(=O)O3)O2. The standard InChI is InChI=1S/C37H58O13/c1-6-10-31(39)50-30-18-25-16-24(47-35-34(44-5)33(41)32(40)22(4)45-35)15-23(46-25)13-20(2)11-8-7-9-12-28-21(3)14-29(49-28)27(38)17-26-19-37(30,43)36(42)48-26/h7-9,11,20-30,32-35,38,40-41,43H,6,10,12-19H2,1-5H3/b9-7-,11-8-/t20-,21+,22-,23+,24-,25+,26+,27+,28+,29+,30-,32+,33+,34+,35-,37+/m0/s1. The number of aliphatic hydroxyl groups is 4. The van der Waals surface area contributed by atoms with Crippen LogP contribution in [0.1, 0.15) is 91.9 Å². The molecule has 0 aromatic carbocycles. The molecule has 0 unspecified atom stereocenters. The molecule has 284 valence electrons. The first-order valence-corrected chi connectivity index (χ1v) is 18.5. The fourth-order valence-electron chi connectivity index (χ4n) is 8.08. The summed E-state index contributed by atoms with van der Waals surface area (Å²) in [6.07, 6.45) is 1.62. The molecule has 13 heteroatoms. The number of hydrogen-bond donors (Lipinski definition) is 4. The maximum Gasteiger partial charge on any atom is 0.342 e. The van der Waals surface area contributed by atoms with E-state index < -0.39 is 84.9 Å². The Kier molecular flexibility index (Phi) is 13.6. The van der Waals surface area contributed by atoms with E-state index in [1.807, 2.05) is 19.1 Å². The number of fused-ring (bicyclic) bond motifs is 6. The van der Waals surface area contributed by atoms with E-state index in [9.17, 15) is 30.0 Å². The third kappa shape index (κ3) is 9.34. The van der Waals surface area contributed by atoms with Crippen molar-refractivity contribution in [1.29, 1.82) is 0 Å². The van der Waals surface area contributed by atoms with Crippen LogP contribution in [-0.4, -0.2) is 125 Å². The fraction of sp³-hybridized carbons (Fsp3) is 0.838. The molecule has 13 nitrogen and oxygen atoms in total. The highest BCUT2D eigenvalue weighted by Gasteiger charge is 2.57. The van der Waals surface area contributed by atoms with Crippen LogP contribution < -0.4 is 0 Å². The highest BCUT2D eigenvalue weighted by atomic mass is 16.7. The van der Waals surface area contributed by atoms with Gasteiger partial charge in [-0.2, -0.15) is 0 Å². The largest absolute Gasteiger partial charge is 0.460 e. The van der Waals surface area contributed by atoms with Crippen molar-refractivity contribution in [1.82, 2.24) is 0 Å². The van der Waals surface area contributed by atoms with Gasteiger partial charge in [0.2, 0.25) is 5.60 Å². The van der Waals surface area contributed by atoms with Crippen LogP contribution in [0.3, 0.4) is 0 Å². The summed E-state index contributed by atoms with van der Waals surface area (Å²) in [6, 6.07) is 0. The molecule has 0 aromatic heterocycles. The quantitative estimate of drug-likeness (QED) is 0.296. The minimum atomic E-state index is -2.15. The van der Waals surface area contributed by atoms with Crippen LogP contribution in [0.15, 0.2) is 24.3 Å². The zero-order chi connectivity index (χ0) is 36.2. The van der Waals surface area contributed by atoms with Gasteiger partial charge in [-0.1, -0.05) is 45.1 Å². The highest BCUT2D eigenvalue weighted by Crippen LogP contribution is 2.40. The molecule has 0 radical (unpaired) electrons. The Labute approximate surface area is 295 Å². The molecular weight excluding hydrogens is 652 g/mol. The summed E-state index contributed by atoms with van der Waals surface area (Å²) in [4.78, 5) is 26.3. The lowest BCUT2D eigenvalue weighted by Gasteiger charge is -2.44. The van der Waals surface area contributed by atoms with E-state index >= 15 is 0 Å². The number of methoxy groups -OCH3 is 1. The van der Waals surface area contributed by atoms with E-state index in [0.717, 1.165) is 0 Å². The van der Waals surface area contributed by atoms with Crippen LogP contribution >= 0.6 is 0 Å². The molecule has 0 saturated carbocycles. The molecule has 0 aliphatic carbocycles. The third-order valence-electron chi connectivity index (χ3n) is 10.9. The average Bonchev–Trinajstić information content (AvgIpc) is 3.57. The zero-order valence-electron chi connectivity index (χ0n) is 30.0. The maximum absolute atomic E-state index is 13.4. The predicted octanol–water partition coefficient (Wildman–Crippen LogP) is 2.64. The third-order valence-corrected chi connectivity index (χ3v) is 10.9. The van der Waals surface area contributed by atoms with Crippen LogP contribution in [0, 0.1) is 11.8 Å².